The molecule has 4 nitrogen and oxygen atoms in total. The third-order valence-electron chi connectivity index (χ3n) is 3.55. The summed E-state index contributed by atoms with van der Waals surface area (Å²) < 4.78 is 5.40. The number of hydrogen-bond acceptors (Lipinski definition) is 4. The van der Waals surface area contributed by atoms with Crippen LogP contribution in [0.4, 0.5) is 0 Å². The van der Waals surface area contributed by atoms with Gasteiger partial charge in [0.1, 0.15) is 5.69 Å². The number of aromatic nitrogens is 1. The number of thiophene rings is 1. The van der Waals surface area contributed by atoms with Crippen LogP contribution in [-0.2, 0) is 17.9 Å². The van der Waals surface area contributed by atoms with Gasteiger partial charge in [0.2, 0.25) is 5.91 Å². The predicted octanol–water partition coefficient (Wildman–Crippen LogP) is 4.34. The second-order valence-electron chi connectivity index (χ2n) is 5.25. The van der Waals surface area contributed by atoms with E-state index in [1.165, 1.54) is 0 Å². The monoisotopic (exact) mass is 326 g/mol. The second-order valence-corrected chi connectivity index (χ2v) is 6.20. The summed E-state index contributed by atoms with van der Waals surface area (Å²) in [4.78, 5) is 15.1. The highest BCUT2D eigenvalue weighted by molar-refractivity contribution is 7.13. The Morgan fingerprint density at radius 1 is 1.17 bits per heavy atom. The third-order valence-corrected chi connectivity index (χ3v) is 4.43. The number of benzene rings is 1. The Bertz CT molecular complexity index is 750. The zero-order chi connectivity index (χ0) is 16.1. The SMILES string of the molecule is CCC(=O)N(Cc1ccccc1)Cc1cc(-c2cccs2)on1. The summed E-state index contributed by atoms with van der Waals surface area (Å²) in [5.41, 5.74) is 1.88. The summed E-state index contributed by atoms with van der Waals surface area (Å²) in [7, 11) is 0. The molecule has 0 fully saturated rings. The molecular formula is C18H18N2O2S. The number of nitrogens with zero attached hydrogens (tertiary/aromatic N) is 2. The molecule has 0 aliphatic carbocycles. The van der Waals surface area contributed by atoms with Gasteiger partial charge in [-0.15, -0.1) is 11.3 Å². The summed E-state index contributed by atoms with van der Waals surface area (Å²) in [6.45, 7) is 2.91. The summed E-state index contributed by atoms with van der Waals surface area (Å²) in [6.07, 6.45) is 0.475. The van der Waals surface area contributed by atoms with Gasteiger partial charge in [-0.1, -0.05) is 48.5 Å². The lowest BCUT2D eigenvalue weighted by molar-refractivity contribution is -0.132. The molecule has 2 heterocycles. The van der Waals surface area contributed by atoms with E-state index in [0.29, 0.717) is 19.5 Å². The summed E-state index contributed by atoms with van der Waals surface area (Å²) in [5, 5.41) is 6.11. The fourth-order valence-corrected chi connectivity index (χ4v) is 3.05. The molecule has 0 saturated carbocycles. The average Bonchev–Trinajstić information content (AvgIpc) is 3.25. The van der Waals surface area contributed by atoms with Crippen molar-refractivity contribution in [3.63, 3.8) is 0 Å². The van der Waals surface area contributed by atoms with Crippen molar-refractivity contribution in [3.05, 3.63) is 65.2 Å². The molecule has 0 aliphatic rings. The van der Waals surface area contributed by atoms with E-state index in [1.54, 1.807) is 11.3 Å². The highest BCUT2D eigenvalue weighted by Crippen LogP contribution is 2.25. The van der Waals surface area contributed by atoms with Gasteiger partial charge in [-0.05, 0) is 17.0 Å². The van der Waals surface area contributed by atoms with Crippen LogP contribution in [-0.4, -0.2) is 16.0 Å². The van der Waals surface area contributed by atoms with Gasteiger partial charge in [0, 0.05) is 19.0 Å². The van der Waals surface area contributed by atoms with Crippen LogP contribution in [0.25, 0.3) is 10.6 Å². The number of carbonyl (C=O) groups excluding carboxylic acids is 1. The number of amides is 1. The van der Waals surface area contributed by atoms with Gasteiger partial charge in [0.25, 0.3) is 0 Å². The molecule has 0 unspecified atom stereocenters. The van der Waals surface area contributed by atoms with Gasteiger partial charge in [0.15, 0.2) is 5.76 Å². The van der Waals surface area contributed by atoms with Crippen molar-refractivity contribution < 1.29 is 9.32 Å². The Morgan fingerprint density at radius 2 is 2.00 bits per heavy atom. The fraction of sp³-hybridized carbons (Fsp3) is 0.222. The first-order valence-electron chi connectivity index (χ1n) is 7.57. The van der Waals surface area contributed by atoms with Crippen molar-refractivity contribution >= 4 is 17.2 Å². The molecule has 1 amide bonds. The first-order valence-corrected chi connectivity index (χ1v) is 8.45. The molecule has 1 aromatic carbocycles. The molecule has 0 aliphatic heterocycles. The van der Waals surface area contributed by atoms with Crippen LogP contribution in [0.15, 0.2) is 58.4 Å². The minimum absolute atomic E-state index is 0.106. The maximum absolute atomic E-state index is 12.2. The van der Waals surface area contributed by atoms with Crippen LogP contribution in [0.3, 0.4) is 0 Å². The first kappa shape index (κ1) is 15.5. The molecule has 0 bridgehead atoms. The molecule has 2 aromatic heterocycles. The van der Waals surface area contributed by atoms with Crippen LogP contribution in [0.5, 0.6) is 0 Å². The molecule has 0 spiro atoms. The van der Waals surface area contributed by atoms with Crippen molar-refractivity contribution in [2.45, 2.75) is 26.4 Å². The molecule has 5 heteroatoms. The van der Waals surface area contributed by atoms with Gasteiger partial charge >= 0.3 is 0 Å². The van der Waals surface area contributed by atoms with Crippen molar-refractivity contribution in [2.24, 2.45) is 0 Å². The minimum atomic E-state index is 0.106. The molecule has 0 N–H and O–H groups in total. The lowest BCUT2D eigenvalue weighted by Crippen LogP contribution is -2.29. The quantitative estimate of drug-likeness (QED) is 0.677. The minimum Gasteiger partial charge on any atom is -0.355 e. The van der Waals surface area contributed by atoms with Gasteiger partial charge in [-0.25, -0.2) is 0 Å². The topological polar surface area (TPSA) is 46.3 Å². The standard InChI is InChI=1S/C18H18N2O2S/c1-2-18(21)20(12-14-7-4-3-5-8-14)13-15-11-16(22-19-15)17-9-6-10-23-17/h3-11H,2,12-13H2,1H3. The van der Waals surface area contributed by atoms with E-state index >= 15 is 0 Å². The maximum atomic E-state index is 12.2. The summed E-state index contributed by atoms with van der Waals surface area (Å²) >= 11 is 1.61. The molecular weight excluding hydrogens is 308 g/mol. The lowest BCUT2D eigenvalue weighted by Gasteiger charge is -2.21. The second kappa shape index (κ2) is 7.24. The van der Waals surface area contributed by atoms with E-state index in [0.717, 1.165) is 21.9 Å². The van der Waals surface area contributed by atoms with E-state index in [4.69, 9.17) is 4.52 Å². The first-order chi connectivity index (χ1) is 11.3. The van der Waals surface area contributed by atoms with Gasteiger partial charge < -0.3 is 9.42 Å². The number of hydrogen-bond donors (Lipinski definition) is 0. The number of carbonyl (C=O) groups is 1. The lowest BCUT2D eigenvalue weighted by atomic mass is 10.2. The predicted molar refractivity (Wildman–Crippen MR) is 90.8 cm³/mol. The van der Waals surface area contributed by atoms with E-state index in [-0.39, 0.29) is 5.91 Å². The smallest absolute Gasteiger partial charge is 0.222 e. The fourth-order valence-electron chi connectivity index (χ4n) is 2.38. The Morgan fingerprint density at radius 3 is 2.70 bits per heavy atom. The molecule has 0 saturated heterocycles. The summed E-state index contributed by atoms with van der Waals surface area (Å²) in [5.74, 6) is 0.855. The molecule has 23 heavy (non-hydrogen) atoms. The highest BCUT2D eigenvalue weighted by Gasteiger charge is 2.16. The maximum Gasteiger partial charge on any atom is 0.222 e. The molecule has 0 radical (unpaired) electrons. The Balaban J connectivity index is 1.75. The van der Waals surface area contributed by atoms with E-state index in [9.17, 15) is 4.79 Å². The van der Waals surface area contributed by atoms with Crippen molar-refractivity contribution in [2.75, 3.05) is 0 Å². The van der Waals surface area contributed by atoms with E-state index in [1.807, 2.05) is 65.7 Å². The molecule has 0 atom stereocenters. The number of rotatable bonds is 6. The Hall–Kier alpha value is -2.40. The van der Waals surface area contributed by atoms with E-state index < -0.39 is 0 Å². The van der Waals surface area contributed by atoms with Crippen molar-refractivity contribution in [1.29, 1.82) is 0 Å². The molecule has 118 valence electrons. The average molecular weight is 326 g/mol. The zero-order valence-electron chi connectivity index (χ0n) is 12.9. The van der Waals surface area contributed by atoms with Crippen LogP contribution >= 0.6 is 11.3 Å². The summed E-state index contributed by atoms with van der Waals surface area (Å²) in [6, 6.07) is 15.9. The molecule has 3 rings (SSSR count). The van der Waals surface area contributed by atoms with Gasteiger partial charge in [-0.3, -0.25) is 4.79 Å². The van der Waals surface area contributed by atoms with Crippen LogP contribution in [0, 0.1) is 0 Å². The van der Waals surface area contributed by atoms with E-state index in [2.05, 4.69) is 5.16 Å². The van der Waals surface area contributed by atoms with Crippen LogP contribution in [0.1, 0.15) is 24.6 Å². The van der Waals surface area contributed by atoms with Crippen molar-refractivity contribution in [1.82, 2.24) is 10.1 Å². The van der Waals surface area contributed by atoms with Crippen LogP contribution < -0.4 is 0 Å². The van der Waals surface area contributed by atoms with Gasteiger partial charge in [0.05, 0.1) is 11.4 Å². The normalized spacial score (nSPS) is 10.7. The molecule has 3 aromatic rings. The Kier molecular flexibility index (Phi) is 4.88. The largest absolute Gasteiger partial charge is 0.355 e. The van der Waals surface area contributed by atoms with Crippen molar-refractivity contribution in [3.8, 4) is 10.6 Å². The Labute approximate surface area is 139 Å². The third kappa shape index (κ3) is 3.87. The van der Waals surface area contributed by atoms with Crippen LogP contribution in [0.2, 0.25) is 0 Å². The zero-order valence-corrected chi connectivity index (χ0v) is 13.8. The van der Waals surface area contributed by atoms with Gasteiger partial charge in [-0.2, -0.15) is 0 Å². The highest BCUT2D eigenvalue weighted by atomic mass is 32.1.